The first kappa shape index (κ1) is 20.4. The number of piperidine rings is 1. The van der Waals surface area contributed by atoms with Gasteiger partial charge in [-0.3, -0.25) is 4.99 Å². The van der Waals surface area contributed by atoms with Crippen LogP contribution in [-0.4, -0.2) is 61.6 Å². The third-order valence-corrected chi connectivity index (χ3v) is 5.96. The predicted octanol–water partition coefficient (Wildman–Crippen LogP) is 2.79. The highest BCUT2D eigenvalue weighted by molar-refractivity contribution is 14.0. The lowest BCUT2D eigenvalue weighted by molar-refractivity contribution is 0.191. The van der Waals surface area contributed by atoms with Gasteiger partial charge in [-0.05, 0) is 63.4 Å². The number of thioether (sulfide) groups is 1. The molecule has 0 aliphatic carbocycles. The zero-order valence-electron chi connectivity index (χ0n) is 14.1. The average Bonchev–Trinajstić information content (AvgIpc) is 3.02. The maximum Gasteiger partial charge on any atom is 0.191 e. The molecule has 130 valence electrons. The van der Waals surface area contributed by atoms with Gasteiger partial charge in [-0.1, -0.05) is 6.92 Å². The second-order valence-electron chi connectivity index (χ2n) is 6.39. The van der Waals surface area contributed by atoms with Crippen LogP contribution in [0.3, 0.4) is 0 Å². The third-order valence-electron chi connectivity index (χ3n) is 4.56. The fourth-order valence-electron chi connectivity index (χ4n) is 3.03. The van der Waals surface area contributed by atoms with Crippen LogP contribution in [0.15, 0.2) is 4.99 Å². The highest BCUT2D eigenvalue weighted by Gasteiger charge is 2.16. The van der Waals surface area contributed by atoms with Gasteiger partial charge in [-0.2, -0.15) is 11.8 Å². The molecule has 1 atom stereocenters. The summed E-state index contributed by atoms with van der Waals surface area (Å²) in [7, 11) is 1.86. The normalized spacial score (nSPS) is 24.1. The Balaban J connectivity index is 0.00000242. The highest BCUT2D eigenvalue weighted by atomic mass is 127. The quantitative estimate of drug-likeness (QED) is 0.289. The first-order valence-corrected chi connectivity index (χ1v) is 9.61. The maximum absolute atomic E-state index is 4.31. The van der Waals surface area contributed by atoms with Crippen LogP contribution in [0.5, 0.6) is 0 Å². The van der Waals surface area contributed by atoms with Gasteiger partial charge in [0.05, 0.1) is 0 Å². The molecule has 4 nitrogen and oxygen atoms in total. The van der Waals surface area contributed by atoms with Crippen molar-refractivity contribution in [2.24, 2.45) is 10.9 Å². The molecule has 0 bridgehead atoms. The summed E-state index contributed by atoms with van der Waals surface area (Å²) in [5, 5.41) is 7.68. The minimum Gasteiger partial charge on any atom is -0.356 e. The first-order chi connectivity index (χ1) is 10.3. The maximum atomic E-state index is 4.31. The largest absolute Gasteiger partial charge is 0.356 e. The average molecular weight is 440 g/mol. The zero-order chi connectivity index (χ0) is 14.9. The Bertz CT molecular complexity index is 313. The summed E-state index contributed by atoms with van der Waals surface area (Å²) in [4.78, 5) is 6.92. The number of guanidine groups is 1. The molecule has 2 N–H and O–H groups in total. The molecule has 0 aromatic heterocycles. The molecule has 2 rings (SSSR count). The van der Waals surface area contributed by atoms with E-state index in [0.29, 0.717) is 0 Å². The molecule has 1 unspecified atom stereocenters. The summed E-state index contributed by atoms with van der Waals surface area (Å²) in [6, 6.07) is 0. The molecule has 2 heterocycles. The molecule has 2 fully saturated rings. The molecule has 2 aliphatic heterocycles. The standard InChI is InChI=1S/C16H32N4S.HI/c1-14-6-10-20(11-7-14)9-4-8-18-16(17-2)19-13-15-5-3-12-21-15;/h14-15H,3-13H2,1-2H3,(H2,17,18,19);1H. The zero-order valence-corrected chi connectivity index (χ0v) is 17.3. The molecule has 0 amide bonds. The van der Waals surface area contributed by atoms with Gasteiger partial charge in [0.25, 0.3) is 0 Å². The monoisotopic (exact) mass is 440 g/mol. The lowest BCUT2D eigenvalue weighted by Crippen LogP contribution is -2.41. The van der Waals surface area contributed by atoms with Crippen LogP contribution in [-0.2, 0) is 0 Å². The molecule has 6 heteroatoms. The van der Waals surface area contributed by atoms with E-state index in [2.05, 4.69) is 39.2 Å². The summed E-state index contributed by atoms with van der Waals surface area (Å²) in [6.45, 7) is 8.23. The SMILES string of the molecule is CN=C(NCCCN1CCC(C)CC1)NCC1CCCS1.I. The van der Waals surface area contributed by atoms with Crippen LogP contribution >= 0.6 is 35.7 Å². The van der Waals surface area contributed by atoms with E-state index in [-0.39, 0.29) is 24.0 Å². The highest BCUT2D eigenvalue weighted by Crippen LogP contribution is 2.25. The van der Waals surface area contributed by atoms with E-state index < -0.39 is 0 Å². The Morgan fingerprint density at radius 1 is 1.23 bits per heavy atom. The van der Waals surface area contributed by atoms with Gasteiger partial charge in [0.1, 0.15) is 0 Å². The van der Waals surface area contributed by atoms with E-state index in [0.717, 1.165) is 30.2 Å². The van der Waals surface area contributed by atoms with E-state index in [1.165, 1.54) is 57.5 Å². The Hall–Kier alpha value is 0.310. The number of aliphatic imine (C=N–C) groups is 1. The summed E-state index contributed by atoms with van der Waals surface area (Å²) in [6.07, 6.45) is 6.66. The van der Waals surface area contributed by atoms with Gasteiger partial charge in [0, 0.05) is 25.4 Å². The number of hydrogen-bond donors (Lipinski definition) is 2. The van der Waals surface area contributed by atoms with Crippen molar-refractivity contribution in [1.82, 2.24) is 15.5 Å². The van der Waals surface area contributed by atoms with Gasteiger partial charge < -0.3 is 15.5 Å². The van der Waals surface area contributed by atoms with E-state index in [9.17, 15) is 0 Å². The van der Waals surface area contributed by atoms with Crippen molar-refractivity contribution in [1.29, 1.82) is 0 Å². The smallest absolute Gasteiger partial charge is 0.191 e. The van der Waals surface area contributed by atoms with Crippen LogP contribution < -0.4 is 10.6 Å². The number of rotatable bonds is 6. The molecule has 0 aromatic rings. The first-order valence-electron chi connectivity index (χ1n) is 8.56. The van der Waals surface area contributed by atoms with Crippen molar-refractivity contribution in [2.45, 2.75) is 44.3 Å². The molecule has 0 aromatic carbocycles. The molecular formula is C16H33IN4S. The molecule has 0 radical (unpaired) electrons. The van der Waals surface area contributed by atoms with E-state index >= 15 is 0 Å². The van der Waals surface area contributed by atoms with Crippen molar-refractivity contribution in [3.8, 4) is 0 Å². The minimum atomic E-state index is 0. The van der Waals surface area contributed by atoms with Gasteiger partial charge in [0.15, 0.2) is 5.96 Å². The fraction of sp³-hybridized carbons (Fsp3) is 0.938. The lowest BCUT2D eigenvalue weighted by atomic mass is 9.99. The summed E-state index contributed by atoms with van der Waals surface area (Å²) < 4.78 is 0. The lowest BCUT2D eigenvalue weighted by Gasteiger charge is -2.30. The second kappa shape index (κ2) is 11.8. The van der Waals surface area contributed by atoms with Gasteiger partial charge in [0.2, 0.25) is 0 Å². The summed E-state index contributed by atoms with van der Waals surface area (Å²) >= 11 is 2.09. The Morgan fingerprint density at radius 3 is 2.64 bits per heavy atom. The van der Waals surface area contributed by atoms with Crippen LogP contribution in [0.2, 0.25) is 0 Å². The Morgan fingerprint density at radius 2 is 2.00 bits per heavy atom. The molecule has 0 spiro atoms. The number of halogens is 1. The number of hydrogen-bond acceptors (Lipinski definition) is 3. The Kier molecular flexibility index (Phi) is 10.9. The molecule has 22 heavy (non-hydrogen) atoms. The number of likely N-dealkylation sites (tertiary alicyclic amines) is 1. The van der Waals surface area contributed by atoms with E-state index in [1.807, 2.05) is 7.05 Å². The number of nitrogens with zero attached hydrogens (tertiary/aromatic N) is 2. The predicted molar refractivity (Wildman–Crippen MR) is 110 cm³/mol. The van der Waals surface area contributed by atoms with Crippen LogP contribution in [0, 0.1) is 5.92 Å². The topological polar surface area (TPSA) is 39.7 Å². The molecular weight excluding hydrogens is 407 g/mol. The molecule has 2 aliphatic rings. The van der Waals surface area contributed by atoms with Crippen LogP contribution in [0.25, 0.3) is 0 Å². The molecule has 2 saturated heterocycles. The third kappa shape index (κ3) is 7.73. The van der Waals surface area contributed by atoms with Crippen molar-refractivity contribution in [2.75, 3.05) is 45.5 Å². The number of nitrogens with one attached hydrogen (secondary N) is 2. The summed E-state index contributed by atoms with van der Waals surface area (Å²) in [5.41, 5.74) is 0. The summed E-state index contributed by atoms with van der Waals surface area (Å²) in [5.74, 6) is 3.22. The van der Waals surface area contributed by atoms with Crippen molar-refractivity contribution < 1.29 is 0 Å². The molecule has 0 saturated carbocycles. The fourth-order valence-corrected chi connectivity index (χ4v) is 4.23. The van der Waals surface area contributed by atoms with Crippen molar-refractivity contribution in [3.63, 3.8) is 0 Å². The van der Waals surface area contributed by atoms with Crippen molar-refractivity contribution in [3.05, 3.63) is 0 Å². The Labute approximate surface area is 157 Å². The van der Waals surface area contributed by atoms with E-state index in [4.69, 9.17) is 0 Å². The minimum absolute atomic E-state index is 0. The van der Waals surface area contributed by atoms with Crippen LogP contribution in [0.4, 0.5) is 0 Å². The van der Waals surface area contributed by atoms with Gasteiger partial charge in [-0.25, -0.2) is 0 Å². The van der Waals surface area contributed by atoms with E-state index in [1.54, 1.807) is 0 Å². The van der Waals surface area contributed by atoms with Crippen molar-refractivity contribution >= 4 is 41.7 Å². The van der Waals surface area contributed by atoms with Gasteiger partial charge in [-0.15, -0.1) is 24.0 Å². The van der Waals surface area contributed by atoms with Gasteiger partial charge >= 0.3 is 0 Å². The second-order valence-corrected chi connectivity index (χ2v) is 7.80. The van der Waals surface area contributed by atoms with Crippen LogP contribution in [0.1, 0.15) is 39.0 Å².